The SMILES string of the molecule is CCCCC1C=CCN1C(=O)c1cc(S(N)(=O)=O)ccc1F. The fourth-order valence-corrected chi connectivity index (χ4v) is 3.01. The molecular formula is C15H19FN2O3S. The van der Waals surface area contributed by atoms with E-state index in [2.05, 4.69) is 6.92 Å². The van der Waals surface area contributed by atoms with Gasteiger partial charge in [-0.2, -0.15) is 0 Å². The van der Waals surface area contributed by atoms with Crippen molar-refractivity contribution in [3.63, 3.8) is 0 Å². The van der Waals surface area contributed by atoms with E-state index in [1.54, 1.807) is 4.90 Å². The maximum absolute atomic E-state index is 13.9. The van der Waals surface area contributed by atoms with Crippen molar-refractivity contribution >= 4 is 15.9 Å². The highest BCUT2D eigenvalue weighted by Gasteiger charge is 2.27. The van der Waals surface area contributed by atoms with Gasteiger partial charge in [-0.25, -0.2) is 17.9 Å². The molecule has 1 unspecified atom stereocenters. The molecule has 7 heteroatoms. The van der Waals surface area contributed by atoms with E-state index in [1.807, 2.05) is 12.2 Å². The summed E-state index contributed by atoms with van der Waals surface area (Å²) in [5.41, 5.74) is -0.267. The summed E-state index contributed by atoms with van der Waals surface area (Å²) < 4.78 is 36.7. The molecule has 1 aliphatic rings. The lowest BCUT2D eigenvalue weighted by atomic mass is 10.1. The van der Waals surface area contributed by atoms with Crippen LogP contribution in [-0.4, -0.2) is 31.8 Å². The lowest BCUT2D eigenvalue weighted by molar-refractivity contribution is 0.0738. The van der Waals surface area contributed by atoms with Gasteiger partial charge in [-0.05, 0) is 24.6 Å². The molecule has 0 radical (unpaired) electrons. The molecule has 0 bridgehead atoms. The average Bonchev–Trinajstić information content (AvgIpc) is 2.92. The molecule has 0 aromatic heterocycles. The third-order valence-corrected chi connectivity index (χ3v) is 4.58. The van der Waals surface area contributed by atoms with Gasteiger partial charge >= 0.3 is 0 Å². The minimum Gasteiger partial charge on any atom is -0.328 e. The molecule has 120 valence electrons. The predicted molar refractivity (Wildman–Crippen MR) is 81.3 cm³/mol. The monoisotopic (exact) mass is 326 g/mol. The Morgan fingerprint density at radius 1 is 1.45 bits per heavy atom. The van der Waals surface area contributed by atoms with Crippen molar-refractivity contribution in [1.29, 1.82) is 0 Å². The zero-order chi connectivity index (χ0) is 16.3. The smallest absolute Gasteiger partial charge is 0.257 e. The van der Waals surface area contributed by atoms with E-state index in [0.717, 1.165) is 37.5 Å². The zero-order valence-corrected chi connectivity index (χ0v) is 13.1. The second-order valence-electron chi connectivity index (χ2n) is 5.28. The number of amides is 1. The van der Waals surface area contributed by atoms with Crippen LogP contribution in [0.25, 0.3) is 0 Å². The van der Waals surface area contributed by atoms with Crippen molar-refractivity contribution < 1.29 is 17.6 Å². The molecule has 2 rings (SSSR count). The van der Waals surface area contributed by atoms with Gasteiger partial charge in [0.15, 0.2) is 0 Å². The predicted octanol–water partition coefficient (Wildman–Crippen LogP) is 2.04. The number of nitrogens with two attached hydrogens (primary N) is 1. The van der Waals surface area contributed by atoms with E-state index in [0.29, 0.717) is 6.54 Å². The number of primary sulfonamides is 1. The third-order valence-electron chi connectivity index (χ3n) is 3.67. The second-order valence-corrected chi connectivity index (χ2v) is 6.84. The van der Waals surface area contributed by atoms with Gasteiger partial charge in [-0.15, -0.1) is 0 Å². The van der Waals surface area contributed by atoms with Gasteiger partial charge in [-0.1, -0.05) is 31.9 Å². The van der Waals surface area contributed by atoms with E-state index in [9.17, 15) is 17.6 Å². The summed E-state index contributed by atoms with van der Waals surface area (Å²) in [7, 11) is -3.98. The standard InChI is InChI=1S/C15H19FN2O3S/c1-2-3-5-11-6-4-9-18(11)15(19)13-10-12(22(17,20)21)7-8-14(13)16/h4,6-8,10-11H,2-3,5,9H2,1H3,(H2,17,20,21). The number of benzene rings is 1. The van der Waals surface area contributed by atoms with Gasteiger partial charge in [0.2, 0.25) is 10.0 Å². The van der Waals surface area contributed by atoms with Crippen molar-refractivity contribution in [1.82, 2.24) is 4.90 Å². The Kier molecular flexibility index (Phi) is 4.97. The first kappa shape index (κ1) is 16.6. The van der Waals surface area contributed by atoms with Crippen LogP contribution >= 0.6 is 0 Å². The van der Waals surface area contributed by atoms with Gasteiger partial charge in [0.05, 0.1) is 16.5 Å². The summed E-state index contributed by atoms with van der Waals surface area (Å²) in [6.07, 6.45) is 6.55. The zero-order valence-electron chi connectivity index (χ0n) is 12.3. The number of unbranched alkanes of at least 4 members (excludes halogenated alkanes) is 1. The van der Waals surface area contributed by atoms with Crippen LogP contribution in [0.2, 0.25) is 0 Å². The highest BCUT2D eigenvalue weighted by atomic mass is 32.2. The average molecular weight is 326 g/mol. The van der Waals surface area contributed by atoms with Crippen LogP contribution < -0.4 is 5.14 Å². The molecule has 2 N–H and O–H groups in total. The minimum atomic E-state index is -3.98. The minimum absolute atomic E-state index is 0.0787. The number of nitrogens with zero attached hydrogens (tertiary/aromatic N) is 1. The van der Waals surface area contributed by atoms with Crippen LogP contribution in [0.5, 0.6) is 0 Å². The maximum atomic E-state index is 13.9. The van der Waals surface area contributed by atoms with Crippen LogP contribution in [0.15, 0.2) is 35.2 Å². The molecule has 1 aliphatic heterocycles. The Hall–Kier alpha value is -1.73. The Morgan fingerprint density at radius 2 is 2.18 bits per heavy atom. The summed E-state index contributed by atoms with van der Waals surface area (Å²) in [6.45, 7) is 2.45. The molecule has 1 amide bonds. The number of rotatable bonds is 5. The molecule has 1 atom stereocenters. The van der Waals surface area contributed by atoms with Crippen molar-refractivity contribution in [2.75, 3.05) is 6.54 Å². The molecule has 0 saturated carbocycles. The van der Waals surface area contributed by atoms with Gasteiger partial charge in [-0.3, -0.25) is 4.79 Å². The quantitative estimate of drug-likeness (QED) is 0.841. The molecule has 0 saturated heterocycles. The summed E-state index contributed by atoms with van der Waals surface area (Å²) in [4.78, 5) is 13.8. The highest BCUT2D eigenvalue weighted by molar-refractivity contribution is 7.89. The largest absolute Gasteiger partial charge is 0.328 e. The normalized spacial score (nSPS) is 18.0. The number of carbonyl (C=O) groups is 1. The molecule has 22 heavy (non-hydrogen) atoms. The van der Waals surface area contributed by atoms with Gasteiger partial charge < -0.3 is 4.90 Å². The van der Waals surface area contributed by atoms with Crippen molar-refractivity contribution in [2.45, 2.75) is 37.1 Å². The first-order valence-electron chi connectivity index (χ1n) is 7.14. The Morgan fingerprint density at radius 3 is 2.82 bits per heavy atom. The molecule has 0 spiro atoms. The first-order valence-corrected chi connectivity index (χ1v) is 8.69. The fraction of sp³-hybridized carbons (Fsp3) is 0.400. The molecule has 1 heterocycles. The summed E-state index contributed by atoms with van der Waals surface area (Å²) in [6, 6.07) is 2.93. The molecule has 1 aromatic carbocycles. The van der Waals surface area contributed by atoms with E-state index < -0.39 is 21.7 Å². The Labute approximate surface area is 129 Å². The number of carbonyl (C=O) groups excluding carboxylic acids is 1. The third kappa shape index (κ3) is 3.53. The number of hydrogen-bond donors (Lipinski definition) is 1. The summed E-state index contributed by atoms with van der Waals surface area (Å²) in [5.74, 6) is -1.27. The summed E-state index contributed by atoms with van der Waals surface area (Å²) >= 11 is 0. The molecule has 0 aliphatic carbocycles. The van der Waals surface area contributed by atoms with E-state index in [4.69, 9.17) is 5.14 Å². The van der Waals surface area contributed by atoms with Gasteiger partial charge in [0.25, 0.3) is 5.91 Å². The molecule has 5 nitrogen and oxygen atoms in total. The van der Waals surface area contributed by atoms with Crippen molar-refractivity contribution in [3.8, 4) is 0 Å². The van der Waals surface area contributed by atoms with E-state index in [-0.39, 0.29) is 16.5 Å². The topological polar surface area (TPSA) is 80.5 Å². The van der Waals surface area contributed by atoms with Crippen LogP contribution in [0.1, 0.15) is 36.5 Å². The van der Waals surface area contributed by atoms with Crippen LogP contribution in [0, 0.1) is 5.82 Å². The second kappa shape index (κ2) is 6.58. The Bertz CT molecular complexity index is 701. The lowest BCUT2D eigenvalue weighted by Crippen LogP contribution is -2.36. The van der Waals surface area contributed by atoms with Gasteiger partial charge in [0, 0.05) is 6.54 Å². The molecular weight excluding hydrogens is 307 g/mol. The van der Waals surface area contributed by atoms with Gasteiger partial charge in [0.1, 0.15) is 5.82 Å². The number of halogens is 1. The van der Waals surface area contributed by atoms with Crippen LogP contribution in [0.4, 0.5) is 4.39 Å². The van der Waals surface area contributed by atoms with E-state index >= 15 is 0 Å². The highest BCUT2D eigenvalue weighted by Crippen LogP contribution is 2.22. The Balaban J connectivity index is 2.29. The van der Waals surface area contributed by atoms with Crippen LogP contribution in [-0.2, 0) is 10.0 Å². The number of hydrogen-bond acceptors (Lipinski definition) is 3. The summed E-state index contributed by atoms with van der Waals surface area (Å²) in [5, 5.41) is 5.03. The first-order chi connectivity index (χ1) is 10.3. The van der Waals surface area contributed by atoms with E-state index in [1.165, 1.54) is 0 Å². The fourth-order valence-electron chi connectivity index (χ4n) is 2.47. The number of sulfonamides is 1. The maximum Gasteiger partial charge on any atom is 0.257 e. The molecule has 0 fully saturated rings. The molecule has 1 aromatic rings. The lowest BCUT2D eigenvalue weighted by Gasteiger charge is -2.25. The van der Waals surface area contributed by atoms with Crippen LogP contribution in [0.3, 0.4) is 0 Å². The van der Waals surface area contributed by atoms with Crippen molar-refractivity contribution in [2.24, 2.45) is 5.14 Å². The van der Waals surface area contributed by atoms with Crippen molar-refractivity contribution in [3.05, 3.63) is 41.7 Å².